The lowest BCUT2D eigenvalue weighted by atomic mass is 9.87. The fourth-order valence-electron chi connectivity index (χ4n) is 3.09. The average Bonchev–Trinajstić information content (AvgIpc) is 3.19. The number of Topliss-reactive ketones (excluding diaryl/α,β-unsaturated/α-hetero) is 1. The summed E-state index contributed by atoms with van der Waals surface area (Å²) < 4.78 is 1.56. The first-order valence-corrected chi connectivity index (χ1v) is 10.4. The molecule has 0 aliphatic heterocycles. The Morgan fingerprint density at radius 2 is 1.77 bits per heavy atom. The van der Waals surface area contributed by atoms with Crippen LogP contribution < -0.4 is 5.32 Å². The van der Waals surface area contributed by atoms with E-state index in [1.165, 1.54) is 6.20 Å². The van der Waals surface area contributed by atoms with E-state index in [1.54, 1.807) is 29.1 Å². The summed E-state index contributed by atoms with van der Waals surface area (Å²) in [6, 6.07) is 12.7. The summed E-state index contributed by atoms with van der Waals surface area (Å²) in [5, 5.41) is 7.74. The van der Waals surface area contributed by atoms with Crippen LogP contribution in [-0.2, 0) is 5.41 Å². The quantitative estimate of drug-likeness (QED) is 0.490. The summed E-state index contributed by atoms with van der Waals surface area (Å²) in [5.74, 6) is -0.191. The van der Waals surface area contributed by atoms with Crippen molar-refractivity contribution < 1.29 is 9.59 Å². The summed E-state index contributed by atoms with van der Waals surface area (Å²) in [7, 11) is 0. The van der Waals surface area contributed by atoms with Crippen LogP contribution in [0.2, 0.25) is 5.02 Å². The fourth-order valence-corrected chi connectivity index (χ4v) is 3.25. The number of rotatable bonds is 6. The van der Waals surface area contributed by atoms with Crippen molar-refractivity contribution in [3.63, 3.8) is 0 Å². The van der Waals surface area contributed by atoms with Crippen LogP contribution in [0, 0.1) is 0 Å². The van der Waals surface area contributed by atoms with Crippen LogP contribution in [-0.4, -0.2) is 21.5 Å². The van der Waals surface area contributed by atoms with Crippen LogP contribution in [0.1, 0.15) is 66.8 Å². The van der Waals surface area contributed by atoms with Gasteiger partial charge in [0.2, 0.25) is 0 Å². The molecular formula is C24H26ClN3O2. The number of carbonyl (C=O) groups excluding carboxylic acids is 2. The molecule has 0 spiro atoms. The lowest BCUT2D eigenvalue weighted by Gasteiger charge is -2.19. The van der Waals surface area contributed by atoms with Gasteiger partial charge in [-0.1, -0.05) is 51.4 Å². The van der Waals surface area contributed by atoms with Crippen molar-refractivity contribution in [1.82, 2.24) is 9.78 Å². The van der Waals surface area contributed by atoms with Crippen molar-refractivity contribution in [2.24, 2.45) is 0 Å². The molecule has 0 saturated heterocycles. The van der Waals surface area contributed by atoms with Gasteiger partial charge in [0.25, 0.3) is 5.91 Å². The zero-order valence-corrected chi connectivity index (χ0v) is 18.5. The van der Waals surface area contributed by atoms with Crippen LogP contribution in [0.25, 0.3) is 5.69 Å². The summed E-state index contributed by atoms with van der Waals surface area (Å²) in [6.07, 6.45) is 4.44. The molecule has 0 bridgehead atoms. The van der Waals surface area contributed by atoms with Gasteiger partial charge in [-0.2, -0.15) is 5.10 Å². The number of nitrogens with zero attached hydrogens (tertiary/aromatic N) is 2. The van der Waals surface area contributed by atoms with E-state index in [-0.39, 0.29) is 17.1 Å². The first-order chi connectivity index (χ1) is 14.2. The number of hydrogen-bond donors (Lipinski definition) is 1. The maximum atomic E-state index is 12.8. The smallest absolute Gasteiger partial charge is 0.255 e. The Hall–Kier alpha value is -2.92. The van der Waals surface area contributed by atoms with Crippen LogP contribution in [0.15, 0.2) is 54.9 Å². The molecule has 1 aromatic heterocycles. The molecule has 0 aliphatic rings. The molecule has 0 radical (unpaired) electrons. The van der Waals surface area contributed by atoms with Gasteiger partial charge in [-0.25, -0.2) is 4.68 Å². The topological polar surface area (TPSA) is 64.0 Å². The van der Waals surface area contributed by atoms with Crippen molar-refractivity contribution in [3.8, 4) is 5.69 Å². The molecule has 1 heterocycles. The average molecular weight is 424 g/mol. The Morgan fingerprint density at radius 1 is 1.07 bits per heavy atom. The molecule has 3 aromatic rings. The van der Waals surface area contributed by atoms with E-state index in [2.05, 4.69) is 31.2 Å². The predicted molar refractivity (Wildman–Crippen MR) is 121 cm³/mol. The number of halogens is 1. The fraction of sp³-hybridized carbons (Fsp3) is 0.292. The Balaban J connectivity index is 1.87. The van der Waals surface area contributed by atoms with Gasteiger partial charge in [-0.15, -0.1) is 0 Å². The number of anilines is 1. The largest absolute Gasteiger partial charge is 0.320 e. The van der Waals surface area contributed by atoms with Gasteiger partial charge in [0, 0.05) is 23.2 Å². The standard InChI is InChI=1S/C24H26ClN3O2/c1-5-6-22(29)17-14-26-28(15-17)21-13-19(25)11-12-20(21)27-23(30)16-7-9-18(10-8-16)24(2,3)4/h7-15H,5-6H2,1-4H3,(H,27,30). The Labute approximate surface area is 182 Å². The van der Waals surface area contributed by atoms with Gasteiger partial charge in [0.15, 0.2) is 5.78 Å². The highest BCUT2D eigenvalue weighted by molar-refractivity contribution is 6.31. The van der Waals surface area contributed by atoms with E-state index in [1.807, 2.05) is 31.2 Å². The van der Waals surface area contributed by atoms with Crippen LogP contribution in [0.3, 0.4) is 0 Å². The number of aromatic nitrogens is 2. The van der Waals surface area contributed by atoms with Crippen LogP contribution in [0.4, 0.5) is 5.69 Å². The lowest BCUT2D eigenvalue weighted by Crippen LogP contribution is -2.15. The zero-order valence-electron chi connectivity index (χ0n) is 17.7. The van der Waals surface area contributed by atoms with Crippen molar-refractivity contribution >= 4 is 29.0 Å². The predicted octanol–water partition coefficient (Wildman–Crippen LogP) is 6.06. The zero-order chi connectivity index (χ0) is 21.9. The molecule has 30 heavy (non-hydrogen) atoms. The van der Waals surface area contributed by atoms with Crippen LogP contribution in [0.5, 0.6) is 0 Å². The van der Waals surface area contributed by atoms with E-state index in [0.717, 1.165) is 12.0 Å². The summed E-state index contributed by atoms with van der Waals surface area (Å²) >= 11 is 6.18. The first-order valence-electron chi connectivity index (χ1n) is 9.98. The van der Waals surface area contributed by atoms with Gasteiger partial charge < -0.3 is 5.32 Å². The van der Waals surface area contributed by atoms with E-state index in [0.29, 0.717) is 33.9 Å². The normalized spacial score (nSPS) is 11.4. The SMILES string of the molecule is CCCC(=O)c1cnn(-c2cc(Cl)ccc2NC(=O)c2ccc(C(C)(C)C)cc2)c1. The van der Waals surface area contributed by atoms with Crippen molar-refractivity contribution in [2.75, 3.05) is 5.32 Å². The number of ketones is 1. The highest BCUT2D eigenvalue weighted by atomic mass is 35.5. The van der Waals surface area contributed by atoms with Crippen molar-refractivity contribution in [2.45, 2.75) is 46.0 Å². The van der Waals surface area contributed by atoms with Crippen molar-refractivity contribution in [3.05, 3.63) is 76.6 Å². The summed E-state index contributed by atoms with van der Waals surface area (Å²) in [6.45, 7) is 8.35. The maximum Gasteiger partial charge on any atom is 0.255 e. The minimum atomic E-state index is -0.228. The Kier molecular flexibility index (Phi) is 6.42. The molecule has 156 valence electrons. The second-order valence-corrected chi connectivity index (χ2v) is 8.73. The molecule has 5 nitrogen and oxygen atoms in total. The van der Waals surface area contributed by atoms with Gasteiger partial charge in [0.1, 0.15) is 0 Å². The lowest BCUT2D eigenvalue weighted by molar-refractivity contribution is 0.0980. The third-order valence-corrected chi connectivity index (χ3v) is 5.08. The van der Waals surface area contributed by atoms with E-state index in [9.17, 15) is 9.59 Å². The number of amides is 1. The number of benzene rings is 2. The first kappa shape index (κ1) is 21.8. The molecule has 0 fully saturated rings. The summed E-state index contributed by atoms with van der Waals surface area (Å²) in [4.78, 5) is 25.0. The molecule has 6 heteroatoms. The van der Waals surface area contributed by atoms with E-state index >= 15 is 0 Å². The Morgan fingerprint density at radius 3 is 2.40 bits per heavy atom. The van der Waals surface area contributed by atoms with Crippen LogP contribution >= 0.6 is 11.6 Å². The minimum absolute atomic E-state index is 0.0192. The Bertz CT molecular complexity index is 1060. The second kappa shape index (κ2) is 8.84. The number of nitrogens with one attached hydrogen (secondary N) is 1. The highest BCUT2D eigenvalue weighted by Gasteiger charge is 2.16. The highest BCUT2D eigenvalue weighted by Crippen LogP contribution is 2.26. The van der Waals surface area contributed by atoms with E-state index in [4.69, 9.17) is 11.6 Å². The van der Waals surface area contributed by atoms with E-state index < -0.39 is 0 Å². The summed E-state index contributed by atoms with van der Waals surface area (Å²) in [5.41, 5.74) is 3.42. The monoisotopic (exact) mass is 423 g/mol. The second-order valence-electron chi connectivity index (χ2n) is 8.29. The third-order valence-electron chi connectivity index (χ3n) is 4.85. The molecule has 3 rings (SSSR count). The van der Waals surface area contributed by atoms with Gasteiger partial charge >= 0.3 is 0 Å². The molecule has 1 N–H and O–H groups in total. The molecule has 1 amide bonds. The minimum Gasteiger partial charge on any atom is -0.320 e. The molecule has 0 aliphatic carbocycles. The molecule has 0 saturated carbocycles. The van der Waals surface area contributed by atoms with Gasteiger partial charge in [-0.05, 0) is 47.7 Å². The molecule has 2 aromatic carbocycles. The molecule has 0 unspecified atom stereocenters. The molecule has 0 atom stereocenters. The number of hydrogen-bond acceptors (Lipinski definition) is 3. The van der Waals surface area contributed by atoms with Gasteiger partial charge in [-0.3, -0.25) is 9.59 Å². The van der Waals surface area contributed by atoms with Crippen molar-refractivity contribution in [1.29, 1.82) is 0 Å². The number of carbonyl (C=O) groups is 2. The van der Waals surface area contributed by atoms with Gasteiger partial charge in [0.05, 0.1) is 23.1 Å². The maximum absolute atomic E-state index is 12.8. The molecular weight excluding hydrogens is 398 g/mol. The third kappa shape index (κ3) is 4.97.